The van der Waals surface area contributed by atoms with Crippen LogP contribution >= 0.6 is 0 Å². The number of carbonyl (C=O) groups excluding carboxylic acids is 1. The molecule has 0 aromatic heterocycles. The van der Waals surface area contributed by atoms with E-state index in [2.05, 4.69) is 60.9 Å². The van der Waals surface area contributed by atoms with Crippen LogP contribution in [0.4, 0.5) is 0 Å². The highest BCUT2D eigenvalue weighted by atomic mass is 16.1. The first kappa shape index (κ1) is 18.2. The Morgan fingerprint density at radius 3 is 2.04 bits per heavy atom. The van der Waals surface area contributed by atoms with Gasteiger partial charge in [-0.15, -0.1) is 0 Å². The predicted octanol–water partition coefficient (Wildman–Crippen LogP) is 2.32. The fraction of sp³-hybridized carbons (Fsp3) is 0.381. The molecule has 0 aliphatic heterocycles. The van der Waals surface area contributed by atoms with Crippen LogP contribution in [0.1, 0.15) is 31.4 Å². The molecule has 0 fully saturated rings. The highest BCUT2D eigenvalue weighted by Crippen LogP contribution is 2.03. The molecule has 0 aliphatic carbocycles. The molecule has 128 valence electrons. The molecule has 2 aromatic rings. The number of amides is 1. The molecule has 3 nitrogen and oxygen atoms in total. The summed E-state index contributed by atoms with van der Waals surface area (Å²) in [5.41, 5.74) is 2.61. The predicted molar refractivity (Wildman–Crippen MR) is 98.8 cm³/mol. The molecule has 0 unspecified atom stereocenters. The highest BCUT2D eigenvalue weighted by molar-refractivity contribution is 5.76. The number of hydrogen-bond donors (Lipinski definition) is 2. The van der Waals surface area contributed by atoms with E-state index in [1.165, 1.54) is 11.1 Å². The lowest BCUT2D eigenvalue weighted by Gasteiger charge is -2.15. The van der Waals surface area contributed by atoms with E-state index >= 15 is 0 Å². The van der Waals surface area contributed by atoms with Crippen molar-refractivity contribution < 1.29 is 10.1 Å². The summed E-state index contributed by atoms with van der Waals surface area (Å²) in [6.45, 7) is 5.10. The van der Waals surface area contributed by atoms with Crippen LogP contribution in [0.25, 0.3) is 0 Å². The maximum absolute atomic E-state index is 12.1. The van der Waals surface area contributed by atoms with Crippen LogP contribution in [0.15, 0.2) is 60.7 Å². The first-order valence-electron chi connectivity index (χ1n) is 8.84. The van der Waals surface area contributed by atoms with Crippen LogP contribution in [0.2, 0.25) is 0 Å². The fourth-order valence-corrected chi connectivity index (χ4v) is 2.93. The van der Waals surface area contributed by atoms with E-state index in [4.69, 9.17) is 0 Å². The Balaban J connectivity index is 1.62. The van der Waals surface area contributed by atoms with Gasteiger partial charge >= 0.3 is 0 Å². The molecule has 1 amide bonds. The minimum absolute atomic E-state index is 0.140. The van der Waals surface area contributed by atoms with Gasteiger partial charge in [-0.3, -0.25) is 4.79 Å². The molecule has 24 heavy (non-hydrogen) atoms. The SMILES string of the molecule is C[C@H](Cc1ccccc1)[NH2+]CCC(=O)N[C@@H](C)Cc1ccccc1. The number of benzene rings is 2. The van der Waals surface area contributed by atoms with Crippen LogP contribution in [0.3, 0.4) is 0 Å². The van der Waals surface area contributed by atoms with Gasteiger partial charge in [-0.2, -0.15) is 0 Å². The van der Waals surface area contributed by atoms with Gasteiger partial charge in [0.2, 0.25) is 5.91 Å². The molecule has 2 aromatic carbocycles. The maximum Gasteiger partial charge on any atom is 0.225 e. The smallest absolute Gasteiger partial charge is 0.225 e. The van der Waals surface area contributed by atoms with Crippen LogP contribution in [0, 0.1) is 0 Å². The Morgan fingerprint density at radius 1 is 0.917 bits per heavy atom. The molecule has 0 radical (unpaired) electrons. The van der Waals surface area contributed by atoms with Gasteiger partial charge in [0.25, 0.3) is 0 Å². The Labute approximate surface area is 145 Å². The van der Waals surface area contributed by atoms with Gasteiger partial charge in [-0.25, -0.2) is 0 Å². The topological polar surface area (TPSA) is 45.7 Å². The van der Waals surface area contributed by atoms with Crippen molar-refractivity contribution in [3.05, 3.63) is 71.8 Å². The van der Waals surface area contributed by atoms with Crippen LogP contribution in [-0.4, -0.2) is 24.5 Å². The summed E-state index contributed by atoms with van der Waals surface area (Å²) in [5.74, 6) is 0.140. The zero-order valence-electron chi connectivity index (χ0n) is 14.7. The van der Waals surface area contributed by atoms with Gasteiger partial charge in [0, 0.05) is 12.5 Å². The Morgan fingerprint density at radius 2 is 1.46 bits per heavy atom. The lowest BCUT2D eigenvalue weighted by Crippen LogP contribution is -2.90. The van der Waals surface area contributed by atoms with Crippen molar-refractivity contribution in [3.8, 4) is 0 Å². The van der Waals surface area contributed by atoms with Gasteiger partial charge in [-0.05, 0) is 31.4 Å². The number of carbonyl (C=O) groups is 1. The van der Waals surface area contributed by atoms with Gasteiger partial charge in [0.05, 0.1) is 19.0 Å². The van der Waals surface area contributed by atoms with Crippen LogP contribution < -0.4 is 10.6 Å². The van der Waals surface area contributed by atoms with E-state index < -0.39 is 0 Å². The molecule has 2 rings (SSSR count). The Kier molecular flexibility index (Phi) is 7.50. The van der Waals surface area contributed by atoms with Crippen molar-refractivity contribution in [1.82, 2.24) is 5.32 Å². The summed E-state index contributed by atoms with van der Waals surface area (Å²) in [6, 6.07) is 21.4. The Bertz CT molecular complexity index is 598. The highest BCUT2D eigenvalue weighted by Gasteiger charge is 2.11. The number of nitrogens with two attached hydrogens (primary N) is 1. The second-order valence-corrected chi connectivity index (χ2v) is 6.60. The standard InChI is InChI=1S/C21H28N2O/c1-17(15-19-9-5-3-6-10-19)22-14-13-21(24)23-18(2)16-20-11-7-4-8-12-20/h3-12,17-18,22H,13-16H2,1-2H3,(H,23,24)/p+1/t17-,18+/m1/s1. The van der Waals surface area contributed by atoms with Crippen molar-refractivity contribution in [2.75, 3.05) is 6.54 Å². The quantitative estimate of drug-likeness (QED) is 0.730. The van der Waals surface area contributed by atoms with Crippen molar-refractivity contribution in [1.29, 1.82) is 0 Å². The molecule has 0 bridgehead atoms. The van der Waals surface area contributed by atoms with Gasteiger partial charge < -0.3 is 10.6 Å². The Hall–Kier alpha value is -2.13. The monoisotopic (exact) mass is 325 g/mol. The second-order valence-electron chi connectivity index (χ2n) is 6.60. The third-order valence-corrected chi connectivity index (χ3v) is 4.13. The minimum Gasteiger partial charge on any atom is -0.353 e. The van der Waals surface area contributed by atoms with Gasteiger partial charge in [0.15, 0.2) is 0 Å². The molecular weight excluding hydrogens is 296 g/mol. The van der Waals surface area contributed by atoms with Crippen molar-refractivity contribution in [3.63, 3.8) is 0 Å². The van der Waals surface area contributed by atoms with E-state index in [0.717, 1.165) is 19.4 Å². The number of hydrogen-bond acceptors (Lipinski definition) is 1. The lowest BCUT2D eigenvalue weighted by molar-refractivity contribution is -0.684. The summed E-state index contributed by atoms with van der Waals surface area (Å²) in [6.07, 6.45) is 2.48. The summed E-state index contributed by atoms with van der Waals surface area (Å²) in [5, 5.41) is 5.35. The van der Waals surface area contributed by atoms with E-state index in [1.807, 2.05) is 24.3 Å². The van der Waals surface area contributed by atoms with Gasteiger partial charge in [-0.1, -0.05) is 60.7 Å². The molecule has 0 aliphatic rings. The van der Waals surface area contributed by atoms with E-state index in [0.29, 0.717) is 12.5 Å². The molecular formula is C21H29N2O+. The van der Waals surface area contributed by atoms with E-state index in [1.54, 1.807) is 0 Å². The van der Waals surface area contributed by atoms with Crippen LogP contribution in [-0.2, 0) is 17.6 Å². The van der Waals surface area contributed by atoms with Crippen LogP contribution in [0.5, 0.6) is 0 Å². The first-order valence-corrected chi connectivity index (χ1v) is 8.84. The summed E-state index contributed by atoms with van der Waals surface area (Å²) < 4.78 is 0. The summed E-state index contributed by atoms with van der Waals surface area (Å²) >= 11 is 0. The van der Waals surface area contributed by atoms with E-state index in [9.17, 15) is 4.79 Å². The number of quaternary nitrogens is 1. The van der Waals surface area contributed by atoms with Crippen molar-refractivity contribution in [2.24, 2.45) is 0 Å². The fourth-order valence-electron chi connectivity index (χ4n) is 2.93. The minimum atomic E-state index is 0.140. The second kappa shape index (κ2) is 9.89. The number of rotatable bonds is 9. The maximum atomic E-state index is 12.1. The normalized spacial score (nSPS) is 13.2. The summed E-state index contributed by atoms with van der Waals surface area (Å²) in [7, 11) is 0. The molecule has 0 saturated carbocycles. The molecule has 0 spiro atoms. The molecule has 0 heterocycles. The van der Waals surface area contributed by atoms with Gasteiger partial charge in [0.1, 0.15) is 0 Å². The zero-order valence-corrected chi connectivity index (χ0v) is 14.7. The molecule has 2 atom stereocenters. The third-order valence-electron chi connectivity index (χ3n) is 4.13. The zero-order chi connectivity index (χ0) is 17.2. The van der Waals surface area contributed by atoms with E-state index in [-0.39, 0.29) is 11.9 Å². The molecule has 3 heteroatoms. The summed E-state index contributed by atoms with van der Waals surface area (Å²) in [4.78, 5) is 12.1. The van der Waals surface area contributed by atoms with Crippen molar-refractivity contribution >= 4 is 5.91 Å². The van der Waals surface area contributed by atoms with Crippen molar-refractivity contribution in [2.45, 2.75) is 45.2 Å². The molecule has 0 saturated heterocycles. The average Bonchev–Trinajstić information content (AvgIpc) is 2.56. The average molecular weight is 325 g/mol. The third kappa shape index (κ3) is 6.97. The first-order chi connectivity index (χ1) is 11.6. The molecule has 3 N–H and O–H groups in total. The lowest BCUT2D eigenvalue weighted by atomic mass is 10.1. The largest absolute Gasteiger partial charge is 0.353 e. The number of nitrogens with one attached hydrogen (secondary N) is 1.